The van der Waals surface area contributed by atoms with E-state index in [1.807, 2.05) is 30.5 Å². The standard InChI is InChI=1S/C19H17N3O2/c1-11-7-15(14-10-21-19-12(14)5-4-6-20-19)22-16-9-18(24-3)17(23-2)8-13(11)16/h4-10H,1-3H3,(H,20,21). The Morgan fingerprint density at radius 2 is 1.79 bits per heavy atom. The van der Waals surface area contributed by atoms with Crippen molar-refractivity contribution in [3.8, 4) is 22.8 Å². The summed E-state index contributed by atoms with van der Waals surface area (Å²) in [5.74, 6) is 1.38. The van der Waals surface area contributed by atoms with Gasteiger partial charge < -0.3 is 14.5 Å². The van der Waals surface area contributed by atoms with Crippen LogP contribution >= 0.6 is 0 Å². The summed E-state index contributed by atoms with van der Waals surface area (Å²) in [7, 11) is 3.27. The Kier molecular flexibility index (Phi) is 3.34. The fourth-order valence-corrected chi connectivity index (χ4v) is 3.03. The summed E-state index contributed by atoms with van der Waals surface area (Å²) < 4.78 is 10.8. The van der Waals surface area contributed by atoms with Crippen molar-refractivity contribution in [2.45, 2.75) is 6.92 Å². The van der Waals surface area contributed by atoms with Crippen molar-refractivity contribution in [1.29, 1.82) is 0 Å². The summed E-state index contributed by atoms with van der Waals surface area (Å²) in [6.07, 6.45) is 3.73. The van der Waals surface area contributed by atoms with Gasteiger partial charge in [0.25, 0.3) is 0 Å². The summed E-state index contributed by atoms with van der Waals surface area (Å²) in [4.78, 5) is 12.4. The molecule has 24 heavy (non-hydrogen) atoms. The zero-order chi connectivity index (χ0) is 16.7. The molecular weight excluding hydrogens is 302 g/mol. The highest BCUT2D eigenvalue weighted by Crippen LogP contribution is 2.35. The topological polar surface area (TPSA) is 60.0 Å². The number of hydrogen-bond donors (Lipinski definition) is 1. The number of nitrogens with zero attached hydrogens (tertiary/aromatic N) is 2. The molecule has 120 valence electrons. The van der Waals surface area contributed by atoms with Gasteiger partial charge in [0.2, 0.25) is 0 Å². The van der Waals surface area contributed by atoms with E-state index in [0.29, 0.717) is 11.5 Å². The second-order valence-electron chi connectivity index (χ2n) is 5.65. The van der Waals surface area contributed by atoms with E-state index in [4.69, 9.17) is 14.5 Å². The Balaban J connectivity index is 1.97. The van der Waals surface area contributed by atoms with Gasteiger partial charge >= 0.3 is 0 Å². The highest BCUT2D eigenvalue weighted by Gasteiger charge is 2.13. The average Bonchev–Trinajstić information content (AvgIpc) is 3.04. The number of aromatic amines is 1. The van der Waals surface area contributed by atoms with Gasteiger partial charge in [-0.05, 0) is 36.8 Å². The molecule has 0 amide bonds. The monoisotopic (exact) mass is 319 g/mol. The van der Waals surface area contributed by atoms with Crippen LogP contribution in [-0.4, -0.2) is 29.2 Å². The first kappa shape index (κ1) is 14.5. The van der Waals surface area contributed by atoms with Crippen LogP contribution < -0.4 is 9.47 Å². The first-order valence-electron chi connectivity index (χ1n) is 7.67. The lowest BCUT2D eigenvalue weighted by Gasteiger charge is -2.11. The predicted molar refractivity (Wildman–Crippen MR) is 94.7 cm³/mol. The molecule has 0 aliphatic heterocycles. The molecule has 5 nitrogen and oxygen atoms in total. The molecule has 1 aromatic carbocycles. The summed E-state index contributed by atoms with van der Waals surface area (Å²) in [5.41, 5.74) is 4.82. The molecule has 0 saturated carbocycles. The van der Waals surface area contributed by atoms with Crippen molar-refractivity contribution >= 4 is 21.9 Å². The quantitative estimate of drug-likeness (QED) is 0.617. The molecule has 5 heteroatoms. The predicted octanol–water partition coefficient (Wildman–Crippen LogP) is 4.10. The van der Waals surface area contributed by atoms with Gasteiger partial charge in [0, 0.05) is 34.8 Å². The smallest absolute Gasteiger partial charge is 0.162 e. The molecule has 3 aromatic heterocycles. The third kappa shape index (κ3) is 2.17. The molecule has 0 bridgehead atoms. The van der Waals surface area contributed by atoms with Crippen molar-refractivity contribution < 1.29 is 9.47 Å². The molecular formula is C19H17N3O2. The van der Waals surface area contributed by atoms with Crippen molar-refractivity contribution in [3.63, 3.8) is 0 Å². The maximum absolute atomic E-state index is 5.40. The first-order chi connectivity index (χ1) is 11.7. The van der Waals surface area contributed by atoms with Gasteiger partial charge in [0.05, 0.1) is 25.4 Å². The number of ether oxygens (including phenoxy) is 2. The zero-order valence-electron chi connectivity index (χ0n) is 13.8. The fraction of sp³-hybridized carbons (Fsp3) is 0.158. The molecule has 1 N–H and O–H groups in total. The van der Waals surface area contributed by atoms with E-state index in [-0.39, 0.29) is 0 Å². The van der Waals surface area contributed by atoms with Crippen molar-refractivity contribution in [2.24, 2.45) is 0 Å². The molecule has 0 saturated heterocycles. The molecule has 4 aromatic rings. The molecule has 0 spiro atoms. The molecule has 0 unspecified atom stereocenters. The van der Waals surface area contributed by atoms with E-state index in [0.717, 1.165) is 38.8 Å². The Morgan fingerprint density at radius 3 is 2.58 bits per heavy atom. The number of hydrogen-bond acceptors (Lipinski definition) is 4. The molecule has 0 atom stereocenters. The normalized spacial score (nSPS) is 11.1. The number of H-pyrrole nitrogens is 1. The van der Waals surface area contributed by atoms with Crippen LogP contribution in [0.1, 0.15) is 5.56 Å². The van der Waals surface area contributed by atoms with Crippen molar-refractivity contribution in [3.05, 3.63) is 48.3 Å². The second kappa shape index (κ2) is 5.53. The van der Waals surface area contributed by atoms with Crippen LogP contribution in [0.5, 0.6) is 11.5 Å². The second-order valence-corrected chi connectivity index (χ2v) is 5.65. The molecule has 4 rings (SSSR count). The highest BCUT2D eigenvalue weighted by molar-refractivity contribution is 5.95. The van der Waals surface area contributed by atoms with Gasteiger partial charge in [0.15, 0.2) is 11.5 Å². The van der Waals surface area contributed by atoms with Gasteiger partial charge in [0.1, 0.15) is 5.65 Å². The fourth-order valence-electron chi connectivity index (χ4n) is 3.03. The van der Waals surface area contributed by atoms with Crippen LogP contribution in [0.4, 0.5) is 0 Å². The third-order valence-corrected chi connectivity index (χ3v) is 4.25. The lowest BCUT2D eigenvalue weighted by Crippen LogP contribution is -1.94. The molecule has 0 aliphatic carbocycles. The summed E-state index contributed by atoms with van der Waals surface area (Å²) >= 11 is 0. The number of nitrogens with one attached hydrogen (secondary N) is 1. The van der Waals surface area contributed by atoms with E-state index in [1.165, 1.54) is 0 Å². The largest absolute Gasteiger partial charge is 0.493 e. The SMILES string of the molecule is COc1cc2nc(-c3c[nH]c4ncccc34)cc(C)c2cc1OC. The Labute approximate surface area is 139 Å². The number of fused-ring (bicyclic) bond motifs is 2. The lowest BCUT2D eigenvalue weighted by atomic mass is 10.0. The van der Waals surface area contributed by atoms with Gasteiger partial charge in [-0.3, -0.25) is 0 Å². The molecule has 0 aliphatic rings. The van der Waals surface area contributed by atoms with Crippen LogP contribution in [0, 0.1) is 6.92 Å². The average molecular weight is 319 g/mol. The summed E-state index contributed by atoms with van der Waals surface area (Å²) in [5, 5.41) is 2.11. The van der Waals surface area contributed by atoms with Gasteiger partial charge in [-0.2, -0.15) is 0 Å². The first-order valence-corrected chi connectivity index (χ1v) is 7.67. The summed E-state index contributed by atoms with van der Waals surface area (Å²) in [6, 6.07) is 9.95. The molecule has 0 fully saturated rings. The Bertz CT molecular complexity index is 1050. The van der Waals surface area contributed by atoms with Gasteiger partial charge in [-0.15, -0.1) is 0 Å². The van der Waals surface area contributed by atoms with Crippen LogP contribution in [0.2, 0.25) is 0 Å². The minimum atomic E-state index is 0.676. The highest BCUT2D eigenvalue weighted by atomic mass is 16.5. The minimum absolute atomic E-state index is 0.676. The van der Waals surface area contributed by atoms with E-state index in [1.54, 1.807) is 20.4 Å². The maximum atomic E-state index is 5.40. The van der Waals surface area contributed by atoms with Gasteiger partial charge in [-0.1, -0.05) is 0 Å². The van der Waals surface area contributed by atoms with E-state index >= 15 is 0 Å². The summed E-state index contributed by atoms with van der Waals surface area (Å²) in [6.45, 7) is 2.08. The number of aryl methyl sites for hydroxylation is 1. The lowest BCUT2D eigenvalue weighted by molar-refractivity contribution is 0.356. The van der Waals surface area contributed by atoms with Crippen LogP contribution in [0.15, 0.2) is 42.7 Å². The minimum Gasteiger partial charge on any atom is -0.493 e. The van der Waals surface area contributed by atoms with E-state index in [2.05, 4.69) is 23.0 Å². The molecule has 3 heterocycles. The number of benzene rings is 1. The van der Waals surface area contributed by atoms with Crippen molar-refractivity contribution in [1.82, 2.24) is 15.0 Å². The van der Waals surface area contributed by atoms with Gasteiger partial charge in [-0.25, -0.2) is 9.97 Å². The number of pyridine rings is 2. The number of methoxy groups -OCH3 is 2. The Hall–Kier alpha value is -3.08. The zero-order valence-corrected chi connectivity index (χ0v) is 13.8. The number of aromatic nitrogens is 3. The van der Waals surface area contributed by atoms with Crippen molar-refractivity contribution in [2.75, 3.05) is 14.2 Å². The van der Waals surface area contributed by atoms with Crippen LogP contribution in [0.3, 0.4) is 0 Å². The van der Waals surface area contributed by atoms with E-state index < -0.39 is 0 Å². The Morgan fingerprint density at radius 1 is 1.00 bits per heavy atom. The maximum Gasteiger partial charge on any atom is 0.162 e. The third-order valence-electron chi connectivity index (χ3n) is 4.25. The van der Waals surface area contributed by atoms with Crippen LogP contribution in [0.25, 0.3) is 33.2 Å². The molecule has 0 radical (unpaired) electrons. The van der Waals surface area contributed by atoms with Crippen LogP contribution in [-0.2, 0) is 0 Å². The number of rotatable bonds is 3. The van der Waals surface area contributed by atoms with E-state index in [9.17, 15) is 0 Å².